The molecular weight excluding hydrogens is 398 g/mol. The topological polar surface area (TPSA) is 18.5 Å². The molecule has 0 radical (unpaired) electrons. The van der Waals surface area contributed by atoms with Crippen molar-refractivity contribution in [2.45, 2.75) is 26.1 Å². The number of ether oxygens (including phenoxy) is 2. The van der Waals surface area contributed by atoms with Crippen molar-refractivity contribution in [3.8, 4) is 0 Å². The SMILES string of the molecule is CCCC1COC(c2ccc(C(F)=C(F)c3cc(F)c(F)c(F)c3)c(F)c2)OC1. The van der Waals surface area contributed by atoms with Gasteiger partial charge in [0.1, 0.15) is 5.82 Å². The average Bonchev–Trinajstić information content (AvgIpc) is 2.71. The van der Waals surface area contributed by atoms with Crippen LogP contribution in [0.15, 0.2) is 30.3 Å². The fourth-order valence-electron chi connectivity index (χ4n) is 3.09. The van der Waals surface area contributed by atoms with Gasteiger partial charge in [0.25, 0.3) is 0 Å². The van der Waals surface area contributed by atoms with E-state index < -0.39 is 52.3 Å². The number of benzene rings is 2. The predicted molar refractivity (Wildman–Crippen MR) is 94.8 cm³/mol. The van der Waals surface area contributed by atoms with Crippen LogP contribution in [-0.2, 0) is 9.47 Å². The van der Waals surface area contributed by atoms with E-state index >= 15 is 0 Å². The average molecular weight is 416 g/mol. The van der Waals surface area contributed by atoms with E-state index in [0.29, 0.717) is 13.2 Å². The van der Waals surface area contributed by atoms with Gasteiger partial charge in [-0.3, -0.25) is 0 Å². The van der Waals surface area contributed by atoms with Crippen LogP contribution in [0.1, 0.15) is 42.7 Å². The van der Waals surface area contributed by atoms with Crippen LogP contribution in [0.2, 0.25) is 0 Å². The second-order valence-electron chi connectivity index (χ2n) is 6.77. The highest BCUT2D eigenvalue weighted by molar-refractivity contribution is 5.83. The lowest BCUT2D eigenvalue weighted by Gasteiger charge is -2.29. The Morgan fingerprint density at radius 2 is 1.52 bits per heavy atom. The summed E-state index contributed by atoms with van der Waals surface area (Å²) in [6.07, 6.45) is 1.08. The van der Waals surface area contributed by atoms with Gasteiger partial charge < -0.3 is 9.47 Å². The first-order chi connectivity index (χ1) is 13.8. The molecule has 3 rings (SSSR count). The third-order valence-electron chi connectivity index (χ3n) is 4.60. The minimum Gasteiger partial charge on any atom is -0.348 e. The molecule has 156 valence electrons. The van der Waals surface area contributed by atoms with Gasteiger partial charge in [-0.15, -0.1) is 0 Å². The minimum atomic E-state index is -1.81. The first-order valence-corrected chi connectivity index (χ1v) is 9.05. The Balaban J connectivity index is 1.83. The summed E-state index contributed by atoms with van der Waals surface area (Å²) in [7, 11) is 0. The van der Waals surface area contributed by atoms with Crippen LogP contribution in [0, 0.1) is 29.2 Å². The minimum absolute atomic E-state index is 0.242. The molecule has 2 nitrogen and oxygen atoms in total. The first-order valence-electron chi connectivity index (χ1n) is 9.05. The molecule has 0 spiro atoms. The molecule has 0 bridgehead atoms. The zero-order valence-corrected chi connectivity index (χ0v) is 15.5. The van der Waals surface area contributed by atoms with E-state index in [-0.39, 0.29) is 23.6 Å². The number of halogens is 6. The van der Waals surface area contributed by atoms with Crippen molar-refractivity contribution in [1.29, 1.82) is 0 Å². The Morgan fingerprint density at radius 3 is 2.07 bits per heavy atom. The molecule has 1 heterocycles. The van der Waals surface area contributed by atoms with Crippen LogP contribution in [0.25, 0.3) is 11.7 Å². The van der Waals surface area contributed by atoms with Crippen molar-refractivity contribution < 1.29 is 35.8 Å². The van der Waals surface area contributed by atoms with Gasteiger partial charge in [0.2, 0.25) is 0 Å². The molecule has 0 aliphatic carbocycles. The number of rotatable bonds is 5. The Morgan fingerprint density at radius 1 is 0.897 bits per heavy atom. The van der Waals surface area contributed by atoms with Gasteiger partial charge in [-0.2, -0.15) is 0 Å². The molecule has 0 unspecified atom stereocenters. The Bertz CT molecular complexity index is 896. The molecule has 0 saturated carbocycles. The Hall–Kier alpha value is -2.32. The summed E-state index contributed by atoms with van der Waals surface area (Å²) in [5.41, 5.74) is -1.35. The molecule has 1 aliphatic heterocycles. The molecule has 2 aromatic carbocycles. The predicted octanol–water partition coefficient (Wildman–Crippen LogP) is 6.47. The van der Waals surface area contributed by atoms with Crippen molar-refractivity contribution in [2.24, 2.45) is 5.92 Å². The van der Waals surface area contributed by atoms with Crippen LogP contribution in [0.4, 0.5) is 26.3 Å². The van der Waals surface area contributed by atoms with Crippen LogP contribution in [-0.4, -0.2) is 13.2 Å². The first kappa shape index (κ1) is 21.4. The fraction of sp³-hybridized carbons (Fsp3) is 0.333. The third kappa shape index (κ3) is 4.64. The molecule has 0 aromatic heterocycles. The van der Waals surface area contributed by atoms with Crippen LogP contribution in [0.3, 0.4) is 0 Å². The summed E-state index contributed by atoms with van der Waals surface area (Å²) in [5.74, 6) is -9.45. The maximum atomic E-state index is 14.4. The van der Waals surface area contributed by atoms with E-state index in [1.54, 1.807) is 0 Å². The van der Waals surface area contributed by atoms with Crippen molar-refractivity contribution in [1.82, 2.24) is 0 Å². The molecule has 1 aliphatic rings. The van der Waals surface area contributed by atoms with Gasteiger partial charge in [0.15, 0.2) is 35.4 Å². The second kappa shape index (κ2) is 9.00. The quantitative estimate of drug-likeness (QED) is 0.316. The van der Waals surface area contributed by atoms with Crippen molar-refractivity contribution in [2.75, 3.05) is 13.2 Å². The number of hydrogen-bond acceptors (Lipinski definition) is 2. The van der Waals surface area contributed by atoms with E-state index in [0.717, 1.165) is 25.0 Å². The van der Waals surface area contributed by atoms with Gasteiger partial charge in [-0.1, -0.05) is 19.4 Å². The molecule has 1 saturated heterocycles. The zero-order chi connectivity index (χ0) is 21.1. The lowest BCUT2D eigenvalue weighted by atomic mass is 10.0. The monoisotopic (exact) mass is 416 g/mol. The smallest absolute Gasteiger partial charge is 0.194 e. The largest absolute Gasteiger partial charge is 0.348 e. The van der Waals surface area contributed by atoms with E-state index in [1.807, 2.05) is 6.92 Å². The lowest BCUT2D eigenvalue weighted by Crippen LogP contribution is -2.27. The Kier molecular flexibility index (Phi) is 6.64. The van der Waals surface area contributed by atoms with Gasteiger partial charge in [0.05, 0.1) is 13.2 Å². The summed E-state index contributed by atoms with van der Waals surface area (Å²) >= 11 is 0. The molecule has 29 heavy (non-hydrogen) atoms. The summed E-state index contributed by atoms with van der Waals surface area (Å²) in [6.45, 7) is 2.91. The van der Waals surface area contributed by atoms with E-state index in [9.17, 15) is 26.3 Å². The van der Waals surface area contributed by atoms with Gasteiger partial charge in [-0.25, -0.2) is 26.3 Å². The molecule has 0 atom stereocenters. The third-order valence-corrected chi connectivity index (χ3v) is 4.60. The van der Waals surface area contributed by atoms with Gasteiger partial charge in [-0.05, 0) is 30.7 Å². The molecule has 8 heteroatoms. The van der Waals surface area contributed by atoms with E-state index in [4.69, 9.17) is 9.47 Å². The highest BCUT2D eigenvalue weighted by atomic mass is 19.2. The summed E-state index contributed by atoms with van der Waals surface area (Å²) in [6, 6.07) is 3.80. The molecule has 0 amide bonds. The maximum absolute atomic E-state index is 14.4. The summed E-state index contributed by atoms with van der Waals surface area (Å²) in [5, 5.41) is 0. The highest BCUT2D eigenvalue weighted by Crippen LogP contribution is 2.34. The Labute approximate surface area is 163 Å². The van der Waals surface area contributed by atoms with Crippen LogP contribution >= 0.6 is 0 Å². The summed E-state index contributed by atoms with van der Waals surface area (Å²) in [4.78, 5) is 0. The van der Waals surface area contributed by atoms with Crippen molar-refractivity contribution in [3.05, 3.63) is 70.3 Å². The molecule has 0 N–H and O–H groups in total. The second-order valence-corrected chi connectivity index (χ2v) is 6.77. The zero-order valence-electron chi connectivity index (χ0n) is 15.5. The normalized spacial score (nSPS) is 20.5. The standard InChI is InChI=1S/C21H18F6O2/c1-2-3-11-9-28-21(29-10-11)12-4-5-14(15(22)6-12)19(26)18(25)13-7-16(23)20(27)17(24)8-13/h4-8,11,21H,2-3,9-10H2,1H3. The maximum Gasteiger partial charge on any atom is 0.194 e. The number of hydrogen-bond donors (Lipinski definition) is 0. The van der Waals surface area contributed by atoms with Crippen LogP contribution < -0.4 is 0 Å². The van der Waals surface area contributed by atoms with Gasteiger partial charge >= 0.3 is 0 Å². The fourth-order valence-corrected chi connectivity index (χ4v) is 3.09. The van der Waals surface area contributed by atoms with Crippen molar-refractivity contribution >= 4 is 11.7 Å². The summed E-state index contributed by atoms with van der Waals surface area (Å²) < 4.78 is 93.7. The van der Waals surface area contributed by atoms with Crippen LogP contribution in [0.5, 0.6) is 0 Å². The van der Waals surface area contributed by atoms with Crippen molar-refractivity contribution in [3.63, 3.8) is 0 Å². The van der Waals surface area contributed by atoms with E-state index in [2.05, 4.69) is 0 Å². The van der Waals surface area contributed by atoms with Gasteiger partial charge in [0, 0.05) is 22.6 Å². The molecule has 1 fully saturated rings. The lowest BCUT2D eigenvalue weighted by molar-refractivity contribution is -0.206. The van der Waals surface area contributed by atoms with E-state index in [1.165, 1.54) is 6.07 Å². The molecule has 2 aromatic rings. The molecular formula is C21H18F6O2. The highest BCUT2D eigenvalue weighted by Gasteiger charge is 2.25.